The first-order valence-corrected chi connectivity index (χ1v) is 5.87. The summed E-state index contributed by atoms with van der Waals surface area (Å²) < 4.78 is 19.1. The Morgan fingerprint density at radius 2 is 2.00 bits per heavy atom. The van der Waals surface area contributed by atoms with Crippen LogP contribution < -0.4 is 4.74 Å². The molecule has 0 saturated heterocycles. The maximum Gasteiger partial charge on any atom is 0.338 e. The van der Waals surface area contributed by atoms with Gasteiger partial charge in [-0.15, -0.1) is 0 Å². The molecule has 7 heteroatoms. The fourth-order valence-electron chi connectivity index (χ4n) is 1.70. The van der Waals surface area contributed by atoms with Gasteiger partial charge < -0.3 is 9.84 Å². The minimum absolute atomic E-state index is 0.0569. The minimum atomic E-state index is -1.37. The van der Waals surface area contributed by atoms with E-state index in [9.17, 15) is 19.3 Å². The molecule has 0 atom stereocenters. The van der Waals surface area contributed by atoms with Crippen molar-refractivity contribution in [1.29, 1.82) is 0 Å². The molecule has 2 aromatic carbocycles. The van der Waals surface area contributed by atoms with Gasteiger partial charge in [-0.1, -0.05) is 18.2 Å². The summed E-state index contributed by atoms with van der Waals surface area (Å²) in [7, 11) is 0. The number of hydrogen-bond donors (Lipinski definition) is 1. The van der Waals surface area contributed by atoms with Crippen molar-refractivity contribution < 1.29 is 24.0 Å². The molecule has 0 bridgehead atoms. The van der Waals surface area contributed by atoms with Crippen LogP contribution in [0.1, 0.15) is 15.9 Å². The first-order valence-electron chi connectivity index (χ1n) is 5.87. The van der Waals surface area contributed by atoms with Crippen LogP contribution in [0.25, 0.3) is 0 Å². The van der Waals surface area contributed by atoms with Gasteiger partial charge in [0.2, 0.25) is 0 Å². The van der Waals surface area contributed by atoms with Crippen LogP contribution in [0.2, 0.25) is 0 Å². The molecule has 1 N–H and O–H groups in total. The van der Waals surface area contributed by atoms with E-state index in [4.69, 9.17) is 9.84 Å². The van der Waals surface area contributed by atoms with Crippen LogP contribution in [0.4, 0.5) is 10.1 Å². The van der Waals surface area contributed by atoms with E-state index in [1.165, 1.54) is 36.4 Å². The Bertz CT molecular complexity index is 702. The van der Waals surface area contributed by atoms with E-state index in [-0.39, 0.29) is 23.6 Å². The van der Waals surface area contributed by atoms with E-state index in [2.05, 4.69) is 0 Å². The van der Waals surface area contributed by atoms with Gasteiger partial charge in [0.15, 0.2) is 0 Å². The van der Waals surface area contributed by atoms with Gasteiger partial charge in [-0.05, 0) is 12.1 Å². The second-order valence-electron chi connectivity index (χ2n) is 4.13. The number of nitrogens with zero attached hydrogens (tertiary/aromatic N) is 1. The van der Waals surface area contributed by atoms with Crippen molar-refractivity contribution in [3.05, 3.63) is 69.5 Å². The molecule has 0 saturated carbocycles. The zero-order chi connectivity index (χ0) is 15.4. The standard InChI is InChI=1S/C14H10FNO5/c15-13-9(3-1-6-12(13)14(17)18)8-21-11-5-2-4-10(7-11)16(19)20/h1-7H,8H2,(H,17,18). The first-order chi connectivity index (χ1) is 9.99. The number of halogens is 1. The fourth-order valence-corrected chi connectivity index (χ4v) is 1.70. The molecule has 0 heterocycles. The molecule has 6 nitrogen and oxygen atoms in total. The topological polar surface area (TPSA) is 89.7 Å². The quantitative estimate of drug-likeness (QED) is 0.675. The van der Waals surface area contributed by atoms with Gasteiger partial charge in [0.05, 0.1) is 16.6 Å². The molecule has 0 amide bonds. The predicted octanol–water partition coefficient (Wildman–Crippen LogP) is 3.01. The van der Waals surface area contributed by atoms with Gasteiger partial charge in [0.25, 0.3) is 5.69 Å². The van der Waals surface area contributed by atoms with Crippen molar-refractivity contribution in [3.8, 4) is 5.75 Å². The Morgan fingerprint density at radius 3 is 2.67 bits per heavy atom. The van der Waals surface area contributed by atoms with E-state index in [1.54, 1.807) is 0 Å². The number of hydrogen-bond acceptors (Lipinski definition) is 4. The highest BCUT2D eigenvalue weighted by molar-refractivity contribution is 5.88. The summed E-state index contributed by atoms with van der Waals surface area (Å²) in [5.41, 5.74) is -0.538. The monoisotopic (exact) mass is 291 g/mol. The summed E-state index contributed by atoms with van der Waals surface area (Å²) >= 11 is 0. The second kappa shape index (κ2) is 6.00. The Kier molecular flexibility index (Phi) is 4.13. The summed E-state index contributed by atoms with van der Waals surface area (Å²) in [6.45, 7) is -0.228. The number of non-ortho nitro benzene ring substituents is 1. The van der Waals surface area contributed by atoms with E-state index in [0.29, 0.717) is 0 Å². The molecule has 0 unspecified atom stereocenters. The zero-order valence-electron chi connectivity index (χ0n) is 10.7. The zero-order valence-corrected chi connectivity index (χ0v) is 10.7. The van der Waals surface area contributed by atoms with Crippen molar-refractivity contribution in [2.75, 3.05) is 0 Å². The predicted molar refractivity (Wildman–Crippen MR) is 70.8 cm³/mol. The molecule has 21 heavy (non-hydrogen) atoms. The number of carbonyl (C=O) groups is 1. The van der Waals surface area contributed by atoms with Crippen molar-refractivity contribution in [1.82, 2.24) is 0 Å². The lowest BCUT2D eigenvalue weighted by molar-refractivity contribution is -0.384. The van der Waals surface area contributed by atoms with E-state index in [1.807, 2.05) is 0 Å². The van der Waals surface area contributed by atoms with Crippen molar-refractivity contribution in [3.63, 3.8) is 0 Å². The molecule has 0 aliphatic heterocycles. The average Bonchev–Trinajstić information content (AvgIpc) is 2.46. The maximum atomic E-state index is 13.9. The smallest absolute Gasteiger partial charge is 0.338 e. The van der Waals surface area contributed by atoms with Crippen LogP contribution in [0.3, 0.4) is 0 Å². The van der Waals surface area contributed by atoms with Crippen LogP contribution >= 0.6 is 0 Å². The molecule has 0 radical (unpaired) electrons. The van der Waals surface area contributed by atoms with E-state index >= 15 is 0 Å². The SMILES string of the molecule is O=C(O)c1cccc(COc2cccc([N+](=O)[O-])c2)c1F. The highest BCUT2D eigenvalue weighted by atomic mass is 19.1. The van der Waals surface area contributed by atoms with Crippen LogP contribution in [-0.2, 0) is 6.61 Å². The molecular formula is C14H10FNO5. The number of carboxylic acid groups (broad SMARTS) is 1. The lowest BCUT2D eigenvalue weighted by Crippen LogP contribution is -2.06. The third kappa shape index (κ3) is 3.33. The molecule has 2 aromatic rings. The minimum Gasteiger partial charge on any atom is -0.489 e. The Morgan fingerprint density at radius 1 is 1.29 bits per heavy atom. The third-order valence-corrected chi connectivity index (χ3v) is 2.73. The van der Waals surface area contributed by atoms with Gasteiger partial charge in [-0.2, -0.15) is 0 Å². The summed E-state index contributed by atoms with van der Waals surface area (Å²) in [6, 6.07) is 9.38. The molecule has 0 spiro atoms. The molecule has 0 aliphatic carbocycles. The Balaban J connectivity index is 2.17. The van der Waals surface area contributed by atoms with Gasteiger partial charge in [-0.3, -0.25) is 10.1 Å². The number of ether oxygens (including phenoxy) is 1. The molecular weight excluding hydrogens is 281 g/mol. The number of nitro benzene ring substituents is 1. The van der Waals surface area contributed by atoms with Crippen molar-refractivity contribution >= 4 is 11.7 Å². The molecule has 2 rings (SSSR count). The van der Waals surface area contributed by atoms with Gasteiger partial charge in [0, 0.05) is 11.6 Å². The number of aromatic carboxylic acids is 1. The van der Waals surface area contributed by atoms with Crippen LogP contribution in [0.5, 0.6) is 5.75 Å². The normalized spacial score (nSPS) is 10.1. The first kappa shape index (κ1) is 14.4. The van der Waals surface area contributed by atoms with E-state index in [0.717, 1.165) is 6.07 Å². The lowest BCUT2D eigenvalue weighted by Gasteiger charge is -2.08. The third-order valence-electron chi connectivity index (χ3n) is 2.73. The summed E-state index contributed by atoms with van der Waals surface area (Å²) in [6.07, 6.45) is 0. The highest BCUT2D eigenvalue weighted by Gasteiger charge is 2.14. The van der Waals surface area contributed by atoms with Crippen LogP contribution in [-0.4, -0.2) is 16.0 Å². The largest absolute Gasteiger partial charge is 0.489 e. The Hall–Kier alpha value is -2.96. The number of carboxylic acids is 1. The summed E-state index contributed by atoms with van der Waals surface area (Å²) in [5.74, 6) is -2.05. The van der Waals surface area contributed by atoms with Gasteiger partial charge in [-0.25, -0.2) is 9.18 Å². The van der Waals surface area contributed by atoms with Gasteiger partial charge >= 0.3 is 5.97 Å². The molecule has 0 fully saturated rings. The lowest BCUT2D eigenvalue weighted by atomic mass is 10.1. The average molecular weight is 291 g/mol. The highest BCUT2D eigenvalue weighted by Crippen LogP contribution is 2.21. The maximum absolute atomic E-state index is 13.9. The van der Waals surface area contributed by atoms with Crippen LogP contribution in [0, 0.1) is 15.9 Å². The van der Waals surface area contributed by atoms with Gasteiger partial charge in [0.1, 0.15) is 18.2 Å². The number of benzene rings is 2. The Labute approximate surface area is 118 Å². The fraction of sp³-hybridized carbons (Fsp3) is 0.0714. The number of rotatable bonds is 5. The summed E-state index contributed by atoms with van der Waals surface area (Å²) in [4.78, 5) is 20.9. The second-order valence-corrected chi connectivity index (χ2v) is 4.13. The number of nitro groups is 1. The van der Waals surface area contributed by atoms with Crippen LogP contribution in [0.15, 0.2) is 42.5 Å². The molecule has 108 valence electrons. The molecule has 0 aromatic heterocycles. The summed E-state index contributed by atoms with van der Waals surface area (Å²) in [5, 5.41) is 19.4. The van der Waals surface area contributed by atoms with Crippen molar-refractivity contribution in [2.24, 2.45) is 0 Å². The molecule has 0 aliphatic rings. The van der Waals surface area contributed by atoms with E-state index < -0.39 is 22.3 Å². The van der Waals surface area contributed by atoms with Crippen molar-refractivity contribution in [2.45, 2.75) is 6.61 Å².